The van der Waals surface area contributed by atoms with Gasteiger partial charge in [-0.05, 0) is 97.4 Å². The molecule has 0 aromatic heterocycles. The minimum atomic E-state index is -1.59. The molecule has 0 spiro atoms. The van der Waals surface area contributed by atoms with E-state index in [1.807, 2.05) is 0 Å². The van der Waals surface area contributed by atoms with Crippen LogP contribution < -0.4 is 0 Å². The van der Waals surface area contributed by atoms with E-state index >= 15 is 0 Å². The molecule has 2 saturated heterocycles. The summed E-state index contributed by atoms with van der Waals surface area (Å²) in [5.41, 5.74) is 2.46. The van der Waals surface area contributed by atoms with Gasteiger partial charge >= 0.3 is 0 Å². The number of rotatable bonds is 15. The molecule has 6 rings (SSSR count). The average molecular weight is 799 g/mol. The average Bonchev–Trinajstić information content (AvgIpc) is 3.73. The van der Waals surface area contributed by atoms with Gasteiger partial charge in [-0.15, -0.1) is 0 Å². The predicted octanol–water partition coefficient (Wildman–Crippen LogP) is 1.57. The van der Waals surface area contributed by atoms with Crippen molar-refractivity contribution < 1.29 is 69.3 Å². The van der Waals surface area contributed by atoms with Gasteiger partial charge in [0.05, 0.1) is 31.5 Å². The van der Waals surface area contributed by atoms with Crippen LogP contribution in [0.4, 0.5) is 0 Å². The van der Waals surface area contributed by atoms with Crippen molar-refractivity contribution in [3.63, 3.8) is 0 Å². The van der Waals surface area contributed by atoms with Crippen molar-refractivity contribution in [2.75, 3.05) is 27.4 Å². The zero-order valence-corrected chi connectivity index (χ0v) is 34.3. The lowest BCUT2D eigenvalue weighted by atomic mass is 9.47. The van der Waals surface area contributed by atoms with E-state index in [0.29, 0.717) is 25.2 Å². The van der Waals surface area contributed by atoms with Gasteiger partial charge in [-0.2, -0.15) is 0 Å². The van der Waals surface area contributed by atoms with E-state index in [4.69, 9.17) is 28.4 Å². The standard InChI is InChI=1S/C42H70O14/c1-19(2)20(3)9-10-21(4)30-28(16-24-29-23(12-14-42(24,30)6)41(5)13-11-22(43)15-25(41)31(46)32(29)47)53-40-35(50)38(37(55-40)27(45)18-52-8)56-39-34(49)33(48)36(54-39)26(44)17-51-7/h19,21-23,25-28,30-40,43-50H,3,9-18H2,1-2,4-8H3/t21-,22-,23+,25-,26+,27+,28-,30+,31+,32-,33-,34-,35-,36+,37+,38-,39+,40-,41-,42+/m1/s1. The highest BCUT2D eigenvalue weighted by molar-refractivity contribution is 5.39. The molecule has 0 amide bonds. The van der Waals surface area contributed by atoms with E-state index in [2.05, 4.69) is 41.2 Å². The number of allylic oxidation sites excluding steroid dienone is 1. The van der Waals surface area contributed by atoms with E-state index in [9.17, 15) is 40.9 Å². The third-order valence-corrected chi connectivity index (χ3v) is 15.0. The van der Waals surface area contributed by atoms with Crippen molar-refractivity contribution in [2.24, 2.45) is 40.4 Å². The molecule has 14 heteroatoms. The first kappa shape index (κ1) is 44.5. The van der Waals surface area contributed by atoms with Crippen LogP contribution in [0, 0.1) is 40.4 Å². The molecule has 0 radical (unpaired) electrons. The van der Waals surface area contributed by atoms with Crippen molar-refractivity contribution in [1.82, 2.24) is 0 Å². The van der Waals surface area contributed by atoms with Gasteiger partial charge in [0.2, 0.25) is 0 Å². The highest BCUT2D eigenvalue weighted by Gasteiger charge is 2.63. The second-order valence-electron chi connectivity index (χ2n) is 18.7. The fourth-order valence-corrected chi connectivity index (χ4v) is 11.7. The Kier molecular flexibility index (Phi) is 13.9. The van der Waals surface area contributed by atoms with E-state index in [0.717, 1.165) is 48.8 Å². The minimum Gasteiger partial charge on any atom is -0.393 e. The number of methoxy groups -OCH3 is 2. The number of aliphatic hydroxyl groups excluding tert-OH is 8. The molecular weight excluding hydrogens is 728 g/mol. The molecule has 14 nitrogen and oxygen atoms in total. The van der Waals surface area contributed by atoms with Gasteiger partial charge in [0.15, 0.2) is 12.6 Å². The van der Waals surface area contributed by atoms with Gasteiger partial charge < -0.3 is 69.3 Å². The van der Waals surface area contributed by atoms with Crippen LogP contribution in [0.15, 0.2) is 23.3 Å². The molecule has 20 atom stereocenters. The maximum absolute atomic E-state index is 12.0. The summed E-state index contributed by atoms with van der Waals surface area (Å²) in [6.45, 7) is 14.9. The maximum atomic E-state index is 12.0. The Balaban J connectivity index is 1.31. The van der Waals surface area contributed by atoms with E-state index in [1.165, 1.54) is 14.2 Å². The van der Waals surface area contributed by atoms with Gasteiger partial charge in [0.25, 0.3) is 0 Å². The summed E-state index contributed by atoms with van der Waals surface area (Å²) in [6.07, 6.45) is -11.0. The van der Waals surface area contributed by atoms with Crippen molar-refractivity contribution in [3.05, 3.63) is 23.3 Å². The molecule has 0 bridgehead atoms. The third kappa shape index (κ3) is 7.95. The molecule has 3 saturated carbocycles. The Morgan fingerprint density at radius 3 is 2.09 bits per heavy atom. The van der Waals surface area contributed by atoms with Gasteiger partial charge in [-0.3, -0.25) is 0 Å². The number of fused-ring (bicyclic) bond motifs is 4. The van der Waals surface area contributed by atoms with Crippen molar-refractivity contribution in [3.8, 4) is 0 Å². The quantitative estimate of drug-likeness (QED) is 0.111. The SMILES string of the molecule is C=C(CC[C@@H](C)[C@H]1[C@H](O[C@@H]2O[C@@H]([C@@H](O)COC)[C@H](O[C@@H]3O[C@@H]([C@@H](O)COC)[C@H](O)[C@H]3O)[C@H]2O)CC2=C3[C@@H](O)[C@@H](O)[C@H]4C[C@H](O)CC[C@]4(C)[C@H]3CC[C@@]21C)C(C)C. The summed E-state index contributed by atoms with van der Waals surface area (Å²) in [4.78, 5) is 0. The number of ether oxygens (including phenoxy) is 6. The summed E-state index contributed by atoms with van der Waals surface area (Å²) >= 11 is 0. The van der Waals surface area contributed by atoms with Crippen molar-refractivity contribution >= 4 is 0 Å². The second-order valence-corrected chi connectivity index (χ2v) is 18.7. The monoisotopic (exact) mass is 798 g/mol. The lowest BCUT2D eigenvalue weighted by Crippen LogP contribution is -2.58. The molecule has 4 aliphatic carbocycles. The molecule has 322 valence electrons. The van der Waals surface area contributed by atoms with E-state index in [1.54, 1.807) is 0 Å². The fourth-order valence-electron chi connectivity index (χ4n) is 11.7. The van der Waals surface area contributed by atoms with E-state index in [-0.39, 0.29) is 42.3 Å². The predicted molar refractivity (Wildman–Crippen MR) is 203 cm³/mol. The smallest absolute Gasteiger partial charge is 0.187 e. The first-order valence-electron chi connectivity index (χ1n) is 20.8. The van der Waals surface area contributed by atoms with Crippen LogP contribution >= 0.6 is 0 Å². The first-order valence-corrected chi connectivity index (χ1v) is 20.8. The fraction of sp³-hybridized carbons (Fsp3) is 0.905. The molecule has 2 aliphatic heterocycles. The Hall–Kier alpha value is -1.08. The number of hydrogen-bond acceptors (Lipinski definition) is 14. The Labute approximate surface area is 331 Å². The topological polar surface area (TPSA) is 217 Å². The first-order chi connectivity index (χ1) is 26.4. The normalized spacial score (nSPS) is 46.8. The molecular formula is C42H70O14. The van der Waals surface area contributed by atoms with Crippen LogP contribution in [-0.4, -0.2) is 154 Å². The zero-order valence-electron chi connectivity index (χ0n) is 34.3. The highest BCUT2D eigenvalue weighted by atomic mass is 16.8. The lowest BCUT2D eigenvalue weighted by Gasteiger charge is -2.59. The molecule has 0 aromatic rings. The van der Waals surface area contributed by atoms with Crippen LogP contribution in [0.1, 0.15) is 86.0 Å². The molecule has 56 heavy (non-hydrogen) atoms. The van der Waals surface area contributed by atoms with Gasteiger partial charge in [-0.25, -0.2) is 0 Å². The highest BCUT2D eigenvalue weighted by Crippen LogP contribution is 2.66. The Bertz CT molecular complexity index is 1390. The van der Waals surface area contributed by atoms with Crippen LogP contribution in [0.5, 0.6) is 0 Å². The molecule has 5 fully saturated rings. The maximum Gasteiger partial charge on any atom is 0.187 e. The van der Waals surface area contributed by atoms with Crippen LogP contribution in [0.3, 0.4) is 0 Å². The van der Waals surface area contributed by atoms with Crippen LogP contribution in [0.25, 0.3) is 0 Å². The summed E-state index contributed by atoms with van der Waals surface area (Å²) in [6, 6.07) is 0. The largest absolute Gasteiger partial charge is 0.393 e. The third-order valence-electron chi connectivity index (χ3n) is 15.0. The van der Waals surface area contributed by atoms with E-state index < -0.39 is 91.2 Å². The van der Waals surface area contributed by atoms with Crippen molar-refractivity contribution in [1.29, 1.82) is 0 Å². The van der Waals surface area contributed by atoms with Crippen LogP contribution in [-0.2, 0) is 28.4 Å². The molecule has 8 N–H and O–H groups in total. The van der Waals surface area contributed by atoms with Gasteiger partial charge in [0, 0.05) is 14.2 Å². The molecule has 0 aromatic carbocycles. The summed E-state index contributed by atoms with van der Waals surface area (Å²) < 4.78 is 35.2. The summed E-state index contributed by atoms with van der Waals surface area (Å²) in [5.74, 6) is 0.191. The van der Waals surface area contributed by atoms with Gasteiger partial charge in [0.1, 0.15) is 54.9 Å². The molecule has 0 unspecified atom stereocenters. The number of hydrogen-bond donors (Lipinski definition) is 8. The Morgan fingerprint density at radius 1 is 0.821 bits per heavy atom. The number of aliphatic hydroxyl groups is 8. The molecule has 6 aliphatic rings. The summed E-state index contributed by atoms with van der Waals surface area (Å²) in [5, 5.41) is 89.3. The van der Waals surface area contributed by atoms with Gasteiger partial charge in [-0.1, -0.05) is 52.3 Å². The zero-order chi connectivity index (χ0) is 41.0. The minimum absolute atomic E-state index is 0.0380. The Morgan fingerprint density at radius 2 is 1.45 bits per heavy atom. The van der Waals surface area contributed by atoms with Crippen molar-refractivity contribution in [2.45, 2.75) is 172 Å². The lowest BCUT2D eigenvalue weighted by molar-refractivity contribution is -0.226. The van der Waals surface area contributed by atoms with Crippen LogP contribution in [0.2, 0.25) is 0 Å². The summed E-state index contributed by atoms with van der Waals surface area (Å²) in [7, 11) is 2.79. The second kappa shape index (κ2) is 17.5. The molecule has 2 heterocycles.